The van der Waals surface area contributed by atoms with Crippen LogP contribution in [0.1, 0.15) is 15.2 Å². The Morgan fingerprint density at radius 1 is 1.20 bits per heavy atom. The molecule has 4 aromatic rings. The van der Waals surface area contributed by atoms with Gasteiger partial charge in [0.15, 0.2) is 0 Å². The van der Waals surface area contributed by atoms with E-state index in [0.29, 0.717) is 17.5 Å². The van der Waals surface area contributed by atoms with Gasteiger partial charge >= 0.3 is 0 Å². The van der Waals surface area contributed by atoms with Crippen molar-refractivity contribution in [2.45, 2.75) is 6.54 Å². The second-order valence-corrected chi connectivity index (χ2v) is 8.77. The van der Waals surface area contributed by atoms with Gasteiger partial charge in [0, 0.05) is 59.4 Å². The first kappa shape index (κ1) is 19.2. The molecule has 1 amide bonds. The average molecular weight is 438 g/mol. The maximum Gasteiger partial charge on any atom is 0.264 e. The van der Waals surface area contributed by atoms with Crippen molar-refractivity contribution >= 4 is 55.8 Å². The molecule has 1 fully saturated rings. The van der Waals surface area contributed by atoms with E-state index in [2.05, 4.69) is 15.6 Å². The molecule has 1 saturated heterocycles. The Hall–Kier alpha value is -2.74. The second kappa shape index (κ2) is 8.18. The predicted molar refractivity (Wildman–Crippen MR) is 122 cm³/mol. The molecule has 1 aliphatic rings. The van der Waals surface area contributed by atoms with E-state index < -0.39 is 0 Å². The molecule has 152 valence electrons. The number of carbonyl (C=O) groups is 1. The number of hydrogen-bond acceptors (Lipinski definition) is 6. The fourth-order valence-electron chi connectivity index (χ4n) is 3.65. The van der Waals surface area contributed by atoms with Crippen LogP contribution in [0, 0.1) is 0 Å². The Morgan fingerprint density at radius 3 is 2.90 bits per heavy atom. The minimum Gasteiger partial charge on any atom is -0.350 e. The number of anilines is 1. The lowest BCUT2D eigenvalue weighted by molar-refractivity contribution is 0.0741. The first-order valence-electron chi connectivity index (χ1n) is 9.85. The number of aromatic nitrogens is 2. The van der Waals surface area contributed by atoms with Crippen molar-refractivity contribution in [3.8, 4) is 0 Å². The SMILES string of the molecule is O=C(c1cc2c(ccc3cnc(NCc4cccc(Cl)c4)nc32)s1)N1CCNCC1. The smallest absolute Gasteiger partial charge is 0.264 e. The Kier molecular flexibility index (Phi) is 5.25. The lowest BCUT2D eigenvalue weighted by Gasteiger charge is -2.26. The molecule has 0 radical (unpaired) electrons. The van der Waals surface area contributed by atoms with Crippen molar-refractivity contribution in [1.29, 1.82) is 0 Å². The molecule has 0 aliphatic carbocycles. The van der Waals surface area contributed by atoms with Crippen LogP contribution in [0.15, 0.2) is 48.7 Å². The van der Waals surface area contributed by atoms with Crippen molar-refractivity contribution in [3.05, 3.63) is 64.1 Å². The Balaban J connectivity index is 1.45. The molecular weight excluding hydrogens is 418 g/mol. The highest BCUT2D eigenvalue weighted by Gasteiger charge is 2.20. The zero-order valence-corrected chi connectivity index (χ0v) is 17.8. The van der Waals surface area contributed by atoms with Crippen molar-refractivity contribution in [1.82, 2.24) is 20.2 Å². The number of nitrogens with one attached hydrogen (secondary N) is 2. The second-order valence-electron chi connectivity index (χ2n) is 7.25. The van der Waals surface area contributed by atoms with E-state index in [0.717, 1.165) is 57.6 Å². The summed E-state index contributed by atoms with van der Waals surface area (Å²) in [5.41, 5.74) is 1.91. The zero-order chi connectivity index (χ0) is 20.5. The topological polar surface area (TPSA) is 70.2 Å². The van der Waals surface area contributed by atoms with Crippen molar-refractivity contribution in [3.63, 3.8) is 0 Å². The fourth-order valence-corrected chi connectivity index (χ4v) is 4.90. The number of nitrogens with zero attached hydrogens (tertiary/aromatic N) is 3. The number of hydrogen-bond donors (Lipinski definition) is 2. The molecule has 0 bridgehead atoms. The van der Waals surface area contributed by atoms with Gasteiger partial charge in [0.1, 0.15) is 0 Å². The third-order valence-corrected chi connectivity index (χ3v) is 6.53. The summed E-state index contributed by atoms with van der Waals surface area (Å²) in [5, 5.41) is 9.20. The lowest BCUT2D eigenvalue weighted by Crippen LogP contribution is -2.46. The molecule has 1 aliphatic heterocycles. The number of halogens is 1. The van der Waals surface area contributed by atoms with Gasteiger partial charge in [-0.3, -0.25) is 4.79 Å². The molecule has 8 heteroatoms. The van der Waals surface area contributed by atoms with Crippen LogP contribution in [-0.2, 0) is 6.54 Å². The number of rotatable bonds is 4. The summed E-state index contributed by atoms with van der Waals surface area (Å²) in [6.45, 7) is 3.75. The van der Waals surface area contributed by atoms with Crippen molar-refractivity contribution < 1.29 is 4.79 Å². The summed E-state index contributed by atoms with van der Waals surface area (Å²) in [5.74, 6) is 0.648. The van der Waals surface area contributed by atoms with E-state index in [1.165, 1.54) is 11.3 Å². The number of amides is 1. The predicted octanol–water partition coefficient (Wildman–Crippen LogP) is 4.16. The Morgan fingerprint density at radius 2 is 2.07 bits per heavy atom. The Bertz CT molecular complexity index is 1230. The molecule has 2 aromatic carbocycles. The van der Waals surface area contributed by atoms with Gasteiger partial charge in [-0.1, -0.05) is 23.7 Å². The molecule has 0 unspecified atom stereocenters. The largest absolute Gasteiger partial charge is 0.350 e. The summed E-state index contributed by atoms with van der Waals surface area (Å²) in [6.07, 6.45) is 1.82. The summed E-state index contributed by atoms with van der Waals surface area (Å²) in [6, 6.07) is 13.7. The monoisotopic (exact) mass is 437 g/mol. The molecule has 6 nitrogen and oxygen atoms in total. The highest BCUT2D eigenvalue weighted by atomic mass is 35.5. The van der Waals surface area contributed by atoms with Crippen molar-refractivity contribution in [2.24, 2.45) is 0 Å². The third-order valence-electron chi connectivity index (χ3n) is 5.20. The minimum atomic E-state index is 0.0965. The molecule has 0 atom stereocenters. The number of fused-ring (bicyclic) bond motifs is 3. The van der Waals surface area contributed by atoms with E-state index in [-0.39, 0.29) is 5.91 Å². The van der Waals surface area contributed by atoms with Crippen LogP contribution in [0.3, 0.4) is 0 Å². The standard InChI is InChI=1S/C22H20ClN5OS/c23-16-3-1-2-14(10-16)12-25-22-26-13-15-4-5-18-17(20(15)27-22)11-19(30-18)21(29)28-8-6-24-7-9-28/h1-5,10-11,13,24H,6-9,12H2,(H,25,26,27). The van der Waals surface area contributed by atoms with Gasteiger partial charge in [-0.25, -0.2) is 9.97 Å². The van der Waals surface area contributed by atoms with Crippen LogP contribution in [0.4, 0.5) is 5.95 Å². The number of benzene rings is 2. The molecule has 2 N–H and O–H groups in total. The summed E-state index contributed by atoms with van der Waals surface area (Å²) >= 11 is 7.59. The zero-order valence-electron chi connectivity index (χ0n) is 16.2. The molecule has 0 saturated carbocycles. The number of carbonyl (C=O) groups excluding carboxylic acids is 1. The first-order valence-corrected chi connectivity index (χ1v) is 11.0. The maximum atomic E-state index is 12.9. The summed E-state index contributed by atoms with van der Waals surface area (Å²) < 4.78 is 1.06. The average Bonchev–Trinajstić information content (AvgIpc) is 3.23. The lowest BCUT2D eigenvalue weighted by atomic mass is 10.1. The molecule has 3 heterocycles. The molecule has 0 spiro atoms. The Labute approximate surface area is 182 Å². The van der Waals surface area contributed by atoms with Gasteiger partial charge in [0.2, 0.25) is 5.95 Å². The van der Waals surface area contributed by atoms with E-state index in [1.807, 2.05) is 53.6 Å². The van der Waals surface area contributed by atoms with Crippen LogP contribution in [0.25, 0.3) is 21.0 Å². The highest BCUT2D eigenvalue weighted by molar-refractivity contribution is 7.21. The van der Waals surface area contributed by atoms with Crippen LogP contribution < -0.4 is 10.6 Å². The third kappa shape index (κ3) is 3.84. The molecular formula is C22H20ClN5OS. The van der Waals surface area contributed by atoms with Crippen LogP contribution in [0.5, 0.6) is 0 Å². The van der Waals surface area contributed by atoms with Crippen LogP contribution >= 0.6 is 22.9 Å². The minimum absolute atomic E-state index is 0.0965. The molecule has 30 heavy (non-hydrogen) atoms. The molecule has 5 rings (SSSR count). The molecule has 2 aromatic heterocycles. The summed E-state index contributed by atoms with van der Waals surface area (Å²) in [4.78, 5) is 24.8. The van der Waals surface area contributed by atoms with Crippen molar-refractivity contribution in [2.75, 3.05) is 31.5 Å². The first-order chi connectivity index (χ1) is 14.7. The van der Waals surface area contributed by atoms with E-state index in [1.54, 1.807) is 0 Å². The van der Waals surface area contributed by atoms with Crippen LogP contribution in [0.2, 0.25) is 5.02 Å². The summed E-state index contributed by atoms with van der Waals surface area (Å²) in [7, 11) is 0. The van der Waals surface area contributed by atoms with Gasteiger partial charge in [-0.2, -0.15) is 0 Å². The van der Waals surface area contributed by atoms with Crippen LogP contribution in [-0.4, -0.2) is 47.0 Å². The maximum absolute atomic E-state index is 12.9. The van der Waals surface area contributed by atoms with E-state index in [4.69, 9.17) is 16.6 Å². The highest BCUT2D eigenvalue weighted by Crippen LogP contribution is 2.32. The van der Waals surface area contributed by atoms with E-state index >= 15 is 0 Å². The van der Waals surface area contributed by atoms with Gasteiger partial charge in [0.25, 0.3) is 5.91 Å². The fraction of sp³-hybridized carbons (Fsp3) is 0.227. The normalized spacial score (nSPS) is 14.4. The number of piperazine rings is 1. The van der Waals surface area contributed by atoms with Gasteiger partial charge in [0.05, 0.1) is 10.4 Å². The van der Waals surface area contributed by atoms with Gasteiger partial charge in [-0.05, 0) is 35.9 Å². The number of thiophene rings is 1. The van der Waals surface area contributed by atoms with Gasteiger partial charge < -0.3 is 15.5 Å². The quantitative estimate of drug-likeness (QED) is 0.501. The van der Waals surface area contributed by atoms with Gasteiger partial charge in [-0.15, -0.1) is 11.3 Å². The van der Waals surface area contributed by atoms with E-state index in [9.17, 15) is 4.79 Å².